The average molecular weight is 264 g/mol. The Morgan fingerprint density at radius 2 is 2.28 bits per heavy atom. The lowest BCUT2D eigenvalue weighted by Crippen LogP contribution is -2.08. The zero-order valence-electron chi connectivity index (χ0n) is 10.6. The summed E-state index contributed by atoms with van der Waals surface area (Å²) in [6, 6.07) is 0.515. The number of tetrazole rings is 1. The smallest absolute Gasteiger partial charge is 0.183 e. The summed E-state index contributed by atoms with van der Waals surface area (Å²) in [7, 11) is 0. The fourth-order valence-corrected chi connectivity index (χ4v) is 2.82. The number of aryl methyl sites for hydroxylation is 2. The van der Waals surface area contributed by atoms with E-state index >= 15 is 0 Å². The predicted octanol–water partition coefficient (Wildman–Crippen LogP) is 1.95. The molecule has 0 bridgehead atoms. The molecule has 1 aliphatic carbocycles. The Bertz CT molecular complexity index is 541. The Labute approximate surface area is 109 Å². The van der Waals surface area contributed by atoms with Crippen LogP contribution in [-0.2, 0) is 13.0 Å². The molecule has 1 aliphatic rings. The first-order chi connectivity index (χ1) is 8.78. The third-order valence-corrected chi connectivity index (χ3v) is 4.05. The van der Waals surface area contributed by atoms with Gasteiger partial charge < -0.3 is 5.32 Å². The lowest BCUT2D eigenvalue weighted by Gasteiger charge is -2.02. The number of nitrogens with one attached hydrogen (secondary N) is 1. The highest BCUT2D eigenvalue weighted by atomic mass is 32.1. The standard InChI is InChI=1S/C11H16N6S/c1-3-9-7(2)18-11(13-9)12-6-10-14-15-16-17(10)8-4-5-8/h8H,3-6H2,1-2H3,(H,12,13). The maximum Gasteiger partial charge on any atom is 0.183 e. The van der Waals surface area contributed by atoms with Crippen LogP contribution < -0.4 is 5.32 Å². The molecule has 18 heavy (non-hydrogen) atoms. The molecule has 0 aliphatic heterocycles. The van der Waals surface area contributed by atoms with Crippen LogP contribution in [0.5, 0.6) is 0 Å². The molecule has 96 valence electrons. The topological polar surface area (TPSA) is 68.5 Å². The van der Waals surface area contributed by atoms with Crippen LogP contribution in [0.25, 0.3) is 0 Å². The Morgan fingerprint density at radius 1 is 1.44 bits per heavy atom. The molecule has 7 heteroatoms. The van der Waals surface area contributed by atoms with E-state index in [9.17, 15) is 0 Å². The molecular formula is C11H16N6S. The summed E-state index contributed by atoms with van der Waals surface area (Å²) >= 11 is 1.69. The first-order valence-electron chi connectivity index (χ1n) is 6.25. The summed E-state index contributed by atoms with van der Waals surface area (Å²) in [5, 5.41) is 16.1. The summed E-state index contributed by atoms with van der Waals surface area (Å²) in [4.78, 5) is 5.83. The highest BCUT2D eigenvalue weighted by molar-refractivity contribution is 7.15. The van der Waals surface area contributed by atoms with Gasteiger partial charge in [-0.2, -0.15) is 0 Å². The maximum atomic E-state index is 4.55. The number of anilines is 1. The molecule has 2 aromatic heterocycles. The van der Waals surface area contributed by atoms with Gasteiger partial charge in [0.25, 0.3) is 0 Å². The van der Waals surface area contributed by atoms with Crippen molar-refractivity contribution in [1.82, 2.24) is 25.2 Å². The average Bonchev–Trinajstić information content (AvgIpc) is 2.99. The van der Waals surface area contributed by atoms with Crippen molar-refractivity contribution < 1.29 is 0 Å². The summed E-state index contributed by atoms with van der Waals surface area (Å²) in [5.74, 6) is 0.892. The fourth-order valence-electron chi connectivity index (χ4n) is 1.92. The van der Waals surface area contributed by atoms with Gasteiger partial charge in [0.1, 0.15) is 0 Å². The minimum absolute atomic E-state index is 0.515. The van der Waals surface area contributed by atoms with Gasteiger partial charge in [0, 0.05) is 4.88 Å². The van der Waals surface area contributed by atoms with Crippen molar-refractivity contribution in [3.63, 3.8) is 0 Å². The molecular weight excluding hydrogens is 248 g/mol. The van der Waals surface area contributed by atoms with Gasteiger partial charge in [-0.15, -0.1) is 16.4 Å². The molecule has 0 saturated heterocycles. The zero-order valence-corrected chi connectivity index (χ0v) is 11.4. The maximum absolute atomic E-state index is 4.55. The van der Waals surface area contributed by atoms with Gasteiger partial charge in [-0.05, 0) is 36.6 Å². The van der Waals surface area contributed by atoms with Gasteiger partial charge in [-0.25, -0.2) is 9.67 Å². The molecule has 0 unspecified atom stereocenters. The van der Waals surface area contributed by atoms with E-state index in [1.165, 1.54) is 23.4 Å². The third-order valence-electron chi connectivity index (χ3n) is 3.08. The number of hydrogen-bond donors (Lipinski definition) is 1. The Kier molecular flexibility index (Phi) is 2.99. The molecule has 0 amide bonds. The number of aromatic nitrogens is 5. The molecule has 3 rings (SSSR count). The summed E-state index contributed by atoms with van der Waals surface area (Å²) < 4.78 is 1.92. The van der Waals surface area contributed by atoms with Crippen LogP contribution in [0, 0.1) is 6.92 Å². The van der Waals surface area contributed by atoms with Crippen molar-refractivity contribution in [1.29, 1.82) is 0 Å². The van der Waals surface area contributed by atoms with Crippen molar-refractivity contribution >= 4 is 16.5 Å². The monoisotopic (exact) mass is 264 g/mol. The van der Waals surface area contributed by atoms with Crippen molar-refractivity contribution in [3.05, 3.63) is 16.4 Å². The Hall–Kier alpha value is -1.50. The van der Waals surface area contributed by atoms with E-state index in [1.54, 1.807) is 11.3 Å². The van der Waals surface area contributed by atoms with E-state index < -0.39 is 0 Å². The predicted molar refractivity (Wildman–Crippen MR) is 69.6 cm³/mol. The van der Waals surface area contributed by atoms with E-state index in [0.29, 0.717) is 12.6 Å². The zero-order chi connectivity index (χ0) is 12.5. The number of thiazole rings is 1. The second-order valence-electron chi connectivity index (χ2n) is 4.50. The Morgan fingerprint density at radius 3 is 2.94 bits per heavy atom. The van der Waals surface area contributed by atoms with Crippen LogP contribution in [0.2, 0.25) is 0 Å². The van der Waals surface area contributed by atoms with Gasteiger partial charge in [-0.3, -0.25) is 0 Å². The van der Waals surface area contributed by atoms with Crippen LogP contribution in [0.15, 0.2) is 0 Å². The van der Waals surface area contributed by atoms with E-state index in [1.807, 2.05) is 4.68 Å². The summed E-state index contributed by atoms with van der Waals surface area (Å²) in [6.45, 7) is 4.87. The summed E-state index contributed by atoms with van der Waals surface area (Å²) in [5.41, 5.74) is 1.17. The number of nitrogens with zero attached hydrogens (tertiary/aromatic N) is 5. The number of hydrogen-bond acceptors (Lipinski definition) is 6. The molecule has 0 aromatic carbocycles. The highest BCUT2D eigenvalue weighted by Crippen LogP contribution is 2.34. The minimum atomic E-state index is 0.515. The van der Waals surface area contributed by atoms with E-state index in [4.69, 9.17) is 0 Å². The van der Waals surface area contributed by atoms with Crippen LogP contribution in [0.3, 0.4) is 0 Å². The second-order valence-corrected chi connectivity index (χ2v) is 5.70. The molecule has 1 fully saturated rings. The van der Waals surface area contributed by atoms with Crippen molar-refractivity contribution in [3.8, 4) is 0 Å². The first-order valence-corrected chi connectivity index (χ1v) is 7.06. The van der Waals surface area contributed by atoms with E-state index in [2.05, 4.69) is 39.7 Å². The lowest BCUT2D eigenvalue weighted by atomic mass is 10.3. The number of rotatable bonds is 5. The first kappa shape index (κ1) is 11.6. The third kappa shape index (κ3) is 2.22. The molecule has 2 aromatic rings. The fraction of sp³-hybridized carbons (Fsp3) is 0.636. The quantitative estimate of drug-likeness (QED) is 0.894. The summed E-state index contributed by atoms with van der Waals surface area (Å²) in [6.07, 6.45) is 3.35. The molecule has 0 radical (unpaired) electrons. The van der Waals surface area contributed by atoms with Crippen LogP contribution >= 0.6 is 11.3 Å². The highest BCUT2D eigenvalue weighted by Gasteiger charge is 2.27. The van der Waals surface area contributed by atoms with Crippen molar-refractivity contribution in [2.75, 3.05) is 5.32 Å². The molecule has 1 N–H and O–H groups in total. The lowest BCUT2D eigenvalue weighted by molar-refractivity contribution is 0.586. The second kappa shape index (κ2) is 4.64. The minimum Gasteiger partial charge on any atom is -0.354 e. The molecule has 2 heterocycles. The van der Waals surface area contributed by atoms with Crippen LogP contribution in [0.1, 0.15) is 42.2 Å². The normalized spacial score (nSPS) is 15.0. The van der Waals surface area contributed by atoms with E-state index in [0.717, 1.165) is 17.4 Å². The Balaban J connectivity index is 1.67. The van der Waals surface area contributed by atoms with Crippen LogP contribution in [0.4, 0.5) is 5.13 Å². The largest absolute Gasteiger partial charge is 0.354 e. The SMILES string of the molecule is CCc1nc(NCc2nnnn2C2CC2)sc1C. The molecule has 0 atom stereocenters. The van der Waals surface area contributed by atoms with Gasteiger partial charge in [0.2, 0.25) is 0 Å². The van der Waals surface area contributed by atoms with Crippen LogP contribution in [-0.4, -0.2) is 25.2 Å². The van der Waals surface area contributed by atoms with Gasteiger partial charge in [0.05, 0.1) is 18.3 Å². The van der Waals surface area contributed by atoms with Gasteiger partial charge >= 0.3 is 0 Å². The van der Waals surface area contributed by atoms with Gasteiger partial charge in [-0.1, -0.05) is 6.92 Å². The molecule has 1 saturated carbocycles. The molecule has 0 spiro atoms. The van der Waals surface area contributed by atoms with E-state index in [-0.39, 0.29) is 0 Å². The van der Waals surface area contributed by atoms with Crippen molar-refractivity contribution in [2.45, 2.75) is 45.7 Å². The van der Waals surface area contributed by atoms with Gasteiger partial charge in [0.15, 0.2) is 11.0 Å². The molecule has 6 nitrogen and oxygen atoms in total. The van der Waals surface area contributed by atoms with Crippen molar-refractivity contribution in [2.24, 2.45) is 0 Å².